The maximum atomic E-state index is 11.7. The Bertz CT molecular complexity index is 211. The van der Waals surface area contributed by atoms with Crippen LogP contribution < -0.4 is 10.8 Å². The highest BCUT2D eigenvalue weighted by atomic mass is 19.4. The number of carbonyl (C=O) groups excluding carboxylic acids is 1. The number of ether oxygens (including phenoxy) is 1. The summed E-state index contributed by atoms with van der Waals surface area (Å²) >= 11 is 0. The lowest BCUT2D eigenvalue weighted by atomic mass is 10.3. The van der Waals surface area contributed by atoms with Gasteiger partial charge in [-0.05, 0) is 6.92 Å². The van der Waals surface area contributed by atoms with Gasteiger partial charge in [0.15, 0.2) is 6.61 Å². The maximum Gasteiger partial charge on any atom is 0.413 e. The summed E-state index contributed by atoms with van der Waals surface area (Å²) in [5, 5.41) is 2.44. The van der Waals surface area contributed by atoms with Crippen molar-refractivity contribution in [3.8, 4) is 0 Å². The molecule has 0 aliphatic heterocycles. The summed E-state index contributed by atoms with van der Waals surface area (Å²) in [6.07, 6.45) is -4.42. The molecular formula is C8H15F3N2O3. The van der Waals surface area contributed by atoms with Gasteiger partial charge in [0.05, 0.1) is 6.61 Å². The summed E-state index contributed by atoms with van der Waals surface area (Å²) in [6, 6.07) is -0.862. The lowest BCUT2D eigenvalue weighted by Gasteiger charge is -2.14. The number of hydroxylamine groups is 1. The second kappa shape index (κ2) is 7.42. The molecule has 0 saturated heterocycles. The molecule has 1 atom stereocenters. The summed E-state index contributed by atoms with van der Waals surface area (Å²) in [4.78, 5) is 15.3. The smallest absolute Gasteiger partial charge is 0.383 e. The first-order valence-electron chi connectivity index (χ1n) is 4.57. The van der Waals surface area contributed by atoms with Gasteiger partial charge in [-0.3, -0.25) is 9.63 Å². The normalized spacial score (nSPS) is 13.6. The molecule has 8 heteroatoms. The first-order valence-corrected chi connectivity index (χ1v) is 4.57. The third kappa shape index (κ3) is 8.45. The summed E-state index contributed by atoms with van der Waals surface area (Å²) in [5.41, 5.74) is 1.99. The van der Waals surface area contributed by atoms with E-state index in [1.54, 1.807) is 0 Å². The average molecular weight is 244 g/mol. The van der Waals surface area contributed by atoms with Crippen molar-refractivity contribution in [2.24, 2.45) is 0 Å². The minimum Gasteiger partial charge on any atom is -0.383 e. The SMILES string of the molecule is COCCNC(=O)C(C)NOCC(F)(F)F. The van der Waals surface area contributed by atoms with Crippen LogP contribution in [0.3, 0.4) is 0 Å². The van der Waals surface area contributed by atoms with Gasteiger partial charge >= 0.3 is 6.18 Å². The molecule has 16 heavy (non-hydrogen) atoms. The quantitative estimate of drug-likeness (QED) is 0.497. The predicted molar refractivity (Wildman–Crippen MR) is 49.5 cm³/mol. The van der Waals surface area contributed by atoms with E-state index in [2.05, 4.69) is 14.9 Å². The van der Waals surface area contributed by atoms with Gasteiger partial charge < -0.3 is 10.1 Å². The molecule has 0 saturated carbocycles. The van der Waals surface area contributed by atoms with Crippen LogP contribution in [0.4, 0.5) is 13.2 Å². The number of amides is 1. The van der Waals surface area contributed by atoms with Crippen molar-refractivity contribution in [2.45, 2.75) is 19.1 Å². The fourth-order valence-corrected chi connectivity index (χ4v) is 0.731. The van der Waals surface area contributed by atoms with Crippen LogP contribution in [0.5, 0.6) is 0 Å². The number of methoxy groups -OCH3 is 1. The second-order valence-corrected chi connectivity index (χ2v) is 3.03. The van der Waals surface area contributed by atoms with E-state index >= 15 is 0 Å². The van der Waals surface area contributed by atoms with E-state index < -0.39 is 24.7 Å². The molecule has 0 rings (SSSR count). The highest BCUT2D eigenvalue weighted by Gasteiger charge is 2.28. The minimum absolute atomic E-state index is 0.292. The highest BCUT2D eigenvalue weighted by Crippen LogP contribution is 2.13. The molecule has 0 aliphatic rings. The van der Waals surface area contributed by atoms with Crippen molar-refractivity contribution < 1.29 is 27.5 Å². The van der Waals surface area contributed by atoms with Gasteiger partial charge in [0, 0.05) is 13.7 Å². The zero-order valence-corrected chi connectivity index (χ0v) is 9.06. The Morgan fingerprint density at radius 3 is 2.56 bits per heavy atom. The highest BCUT2D eigenvalue weighted by molar-refractivity contribution is 5.81. The van der Waals surface area contributed by atoms with E-state index in [1.807, 2.05) is 5.48 Å². The van der Waals surface area contributed by atoms with Crippen LogP contribution in [0, 0.1) is 0 Å². The molecule has 96 valence electrons. The predicted octanol–water partition coefficient (Wildman–Crippen LogP) is 0.221. The third-order valence-electron chi connectivity index (χ3n) is 1.49. The molecule has 1 unspecified atom stereocenters. The Labute approximate surface area is 91.2 Å². The first kappa shape index (κ1) is 15.1. The van der Waals surface area contributed by atoms with Crippen LogP contribution in [0.1, 0.15) is 6.92 Å². The Kier molecular flexibility index (Phi) is 7.02. The second-order valence-electron chi connectivity index (χ2n) is 3.03. The fourth-order valence-electron chi connectivity index (χ4n) is 0.731. The zero-order valence-electron chi connectivity index (χ0n) is 9.06. The summed E-state index contributed by atoms with van der Waals surface area (Å²) in [5.74, 6) is -0.459. The van der Waals surface area contributed by atoms with Crippen LogP contribution in [-0.4, -0.2) is 45.0 Å². The van der Waals surface area contributed by atoms with Crippen LogP contribution in [0.2, 0.25) is 0 Å². The van der Waals surface area contributed by atoms with Crippen molar-refractivity contribution in [1.29, 1.82) is 0 Å². The maximum absolute atomic E-state index is 11.7. The van der Waals surface area contributed by atoms with Gasteiger partial charge in [-0.15, -0.1) is 0 Å². The largest absolute Gasteiger partial charge is 0.413 e. The zero-order chi connectivity index (χ0) is 12.6. The monoisotopic (exact) mass is 244 g/mol. The van der Waals surface area contributed by atoms with E-state index in [0.717, 1.165) is 0 Å². The summed E-state index contributed by atoms with van der Waals surface area (Å²) in [6.45, 7) is 0.573. The number of alkyl halides is 3. The minimum atomic E-state index is -4.42. The molecule has 0 aliphatic carbocycles. The molecule has 2 N–H and O–H groups in total. The molecule has 0 aromatic rings. The first-order chi connectivity index (χ1) is 7.37. The van der Waals surface area contributed by atoms with Crippen molar-refractivity contribution in [3.63, 3.8) is 0 Å². The summed E-state index contributed by atoms with van der Waals surface area (Å²) in [7, 11) is 1.47. The van der Waals surface area contributed by atoms with Crippen LogP contribution in [-0.2, 0) is 14.4 Å². The topological polar surface area (TPSA) is 59.6 Å². The van der Waals surface area contributed by atoms with Crippen LogP contribution in [0.15, 0.2) is 0 Å². The van der Waals surface area contributed by atoms with E-state index in [-0.39, 0.29) is 0 Å². The Hall–Kier alpha value is -0.860. The Morgan fingerprint density at radius 1 is 1.44 bits per heavy atom. The van der Waals surface area contributed by atoms with E-state index in [4.69, 9.17) is 0 Å². The number of hydrogen-bond donors (Lipinski definition) is 2. The molecule has 0 spiro atoms. The van der Waals surface area contributed by atoms with Crippen LogP contribution in [0.25, 0.3) is 0 Å². The Balaban J connectivity index is 3.63. The van der Waals surface area contributed by atoms with E-state index in [0.29, 0.717) is 13.2 Å². The van der Waals surface area contributed by atoms with Gasteiger partial charge in [0.2, 0.25) is 5.91 Å². The van der Waals surface area contributed by atoms with Gasteiger partial charge in [-0.25, -0.2) is 0 Å². The standard InChI is InChI=1S/C8H15F3N2O3/c1-6(7(14)12-3-4-15-2)13-16-5-8(9,10)11/h6,13H,3-5H2,1-2H3,(H,12,14). The van der Waals surface area contributed by atoms with E-state index in [1.165, 1.54) is 14.0 Å². The molecule has 0 bridgehead atoms. The fraction of sp³-hybridized carbons (Fsp3) is 0.875. The summed E-state index contributed by atoms with van der Waals surface area (Å²) < 4.78 is 39.7. The third-order valence-corrected chi connectivity index (χ3v) is 1.49. The van der Waals surface area contributed by atoms with Gasteiger partial charge in [0.1, 0.15) is 6.04 Å². The number of rotatable bonds is 7. The number of halogens is 3. The van der Waals surface area contributed by atoms with Crippen molar-refractivity contribution >= 4 is 5.91 Å². The Morgan fingerprint density at radius 2 is 2.06 bits per heavy atom. The van der Waals surface area contributed by atoms with Crippen molar-refractivity contribution in [1.82, 2.24) is 10.8 Å². The molecule has 0 radical (unpaired) electrons. The molecule has 0 aromatic carbocycles. The molecule has 0 fully saturated rings. The average Bonchev–Trinajstić information content (AvgIpc) is 2.15. The molecule has 1 amide bonds. The van der Waals surface area contributed by atoms with Gasteiger partial charge in [0.25, 0.3) is 0 Å². The van der Waals surface area contributed by atoms with Crippen molar-refractivity contribution in [2.75, 3.05) is 26.9 Å². The molecule has 0 aromatic heterocycles. The van der Waals surface area contributed by atoms with Crippen LogP contribution >= 0.6 is 0 Å². The van der Waals surface area contributed by atoms with Gasteiger partial charge in [-0.1, -0.05) is 0 Å². The number of nitrogens with one attached hydrogen (secondary N) is 2. The molecular weight excluding hydrogens is 229 g/mol. The van der Waals surface area contributed by atoms with Gasteiger partial charge in [-0.2, -0.15) is 18.7 Å². The molecule has 0 heterocycles. The van der Waals surface area contributed by atoms with Crippen molar-refractivity contribution in [3.05, 3.63) is 0 Å². The van der Waals surface area contributed by atoms with E-state index in [9.17, 15) is 18.0 Å². The lowest BCUT2D eigenvalue weighted by Crippen LogP contribution is -2.44. The number of hydrogen-bond acceptors (Lipinski definition) is 4. The lowest BCUT2D eigenvalue weighted by molar-refractivity contribution is -0.193. The molecule has 5 nitrogen and oxygen atoms in total. The number of carbonyl (C=O) groups is 1.